The molecule has 220 valence electrons. The van der Waals surface area contributed by atoms with Crippen molar-refractivity contribution in [3.8, 4) is 5.75 Å². The van der Waals surface area contributed by atoms with Crippen LogP contribution >= 0.6 is 0 Å². The van der Waals surface area contributed by atoms with Gasteiger partial charge in [0.2, 0.25) is 17.7 Å². The molecule has 1 fully saturated rings. The van der Waals surface area contributed by atoms with E-state index in [1.165, 1.54) is 4.90 Å². The Morgan fingerprint density at radius 3 is 2.44 bits per heavy atom. The summed E-state index contributed by atoms with van der Waals surface area (Å²) in [6, 6.07) is 12.9. The highest BCUT2D eigenvalue weighted by atomic mass is 16.5. The molecule has 1 aliphatic heterocycles. The molecule has 1 aliphatic carbocycles. The third-order valence-corrected chi connectivity index (χ3v) is 7.85. The maximum atomic E-state index is 13.5. The van der Waals surface area contributed by atoms with E-state index in [-0.39, 0.29) is 36.1 Å². The number of para-hydroxylation sites is 1. The number of hydrogen-bond donors (Lipinski definition) is 5. The van der Waals surface area contributed by atoms with Crippen LogP contribution in [0.25, 0.3) is 0 Å². The molecule has 1 heterocycles. The summed E-state index contributed by atoms with van der Waals surface area (Å²) in [6.45, 7) is 4.58. The molecular formula is C31H42N6O4. The number of likely N-dealkylation sites (N-methyl/N-ethyl adjacent to an activating group) is 1. The van der Waals surface area contributed by atoms with Crippen LogP contribution in [0.4, 0.5) is 0 Å². The highest BCUT2D eigenvalue weighted by molar-refractivity contribution is 5.95. The second-order valence-electron chi connectivity index (χ2n) is 11.2. The number of amides is 3. The van der Waals surface area contributed by atoms with E-state index >= 15 is 0 Å². The van der Waals surface area contributed by atoms with Gasteiger partial charge in [0, 0.05) is 32.1 Å². The minimum absolute atomic E-state index is 0.0410. The van der Waals surface area contributed by atoms with Crippen molar-refractivity contribution >= 4 is 23.6 Å². The number of amidine groups is 1. The molecule has 4 atom stereocenters. The fourth-order valence-corrected chi connectivity index (χ4v) is 5.02. The number of nitrogens with two attached hydrogens (primary N) is 1. The highest BCUT2D eigenvalue weighted by Crippen LogP contribution is 2.33. The molecule has 6 N–H and O–H groups in total. The van der Waals surface area contributed by atoms with Gasteiger partial charge in [-0.15, -0.1) is 0 Å². The van der Waals surface area contributed by atoms with Gasteiger partial charge in [-0.3, -0.25) is 19.8 Å². The number of carbonyl (C=O) groups is 3. The predicted molar refractivity (Wildman–Crippen MR) is 158 cm³/mol. The zero-order valence-electron chi connectivity index (χ0n) is 24.1. The highest BCUT2D eigenvalue weighted by Gasteiger charge is 2.39. The molecule has 0 bridgehead atoms. The van der Waals surface area contributed by atoms with Crippen LogP contribution in [0.3, 0.4) is 0 Å². The molecule has 1 saturated carbocycles. The molecule has 0 saturated heterocycles. The van der Waals surface area contributed by atoms with Crippen LogP contribution in [0.15, 0.2) is 48.5 Å². The van der Waals surface area contributed by atoms with Gasteiger partial charge in [-0.1, -0.05) is 42.5 Å². The first kappa shape index (κ1) is 30.0. The Labute approximate surface area is 241 Å². The lowest BCUT2D eigenvalue weighted by atomic mass is 10.0. The van der Waals surface area contributed by atoms with Gasteiger partial charge in [0.15, 0.2) is 0 Å². The monoisotopic (exact) mass is 562 g/mol. The van der Waals surface area contributed by atoms with Crippen LogP contribution in [0.2, 0.25) is 0 Å². The lowest BCUT2D eigenvalue weighted by Gasteiger charge is -2.31. The number of nitrogens with one attached hydrogen (secondary N) is 4. The van der Waals surface area contributed by atoms with Crippen molar-refractivity contribution in [2.75, 3.05) is 20.1 Å². The van der Waals surface area contributed by atoms with Gasteiger partial charge in [-0.2, -0.15) is 0 Å². The van der Waals surface area contributed by atoms with Crippen molar-refractivity contribution in [3.05, 3.63) is 65.2 Å². The number of aryl methyl sites for hydroxylation is 1. The smallest absolute Gasteiger partial charge is 0.243 e. The van der Waals surface area contributed by atoms with Crippen molar-refractivity contribution < 1.29 is 19.1 Å². The lowest BCUT2D eigenvalue weighted by Crippen LogP contribution is -2.57. The first-order valence-corrected chi connectivity index (χ1v) is 14.4. The van der Waals surface area contributed by atoms with E-state index < -0.39 is 24.0 Å². The van der Waals surface area contributed by atoms with Gasteiger partial charge in [0.05, 0.1) is 6.04 Å². The van der Waals surface area contributed by atoms with Crippen LogP contribution in [0.1, 0.15) is 49.8 Å². The van der Waals surface area contributed by atoms with E-state index in [0.717, 1.165) is 29.7 Å². The number of nitrogens with zero attached hydrogens (tertiary/aromatic N) is 1. The number of carbonyl (C=O) groups excluding carboxylic acids is 3. The number of nitrogen functional groups attached to an aromatic ring is 1. The van der Waals surface area contributed by atoms with Crippen LogP contribution in [-0.4, -0.2) is 72.8 Å². The third kappa shape index (κ3) is 8.07. The zero-order chi connectivity index (χ0) is 29.5. The minimum atomic E-state index is -0.843. The topological polar surface area (TPSA) is 150 Å². The Morgan fingerprint density at radius 1 is 1.05 bits per heavy atom. The molecule has 0 spiro atoms. The molecule has 0 radical (unpaired) electrons. The maximum Gasteiger partial charge on any atom is 0.243 e. The fourth-order valence-electron chi connectivity index (χ4n) is 5.02. The van der Waals surface area contributed by atoms with E-state index in [4.69, 9.17) is 15.9 Å². The zero-order valence-corrected chi connectivity index (χ0v) is 24.1. The van der Waals surface area contributed by atoms with E-state index in [0.29, 0.717) is 31.5 Å². The average Bonchev–Trinajstić information content (AvgIpc) is 3.80. The molecular weight excluding hydrogens is 520 g/mol. The van der Waals surface area contributed by atoms with E-state index in [1.54, 1.807) is 38.2 Å². The molecule has 4 unspecified atom stereocenters. The van der Waals surface area contributed by atoms with Crippen LogP contribution in [-0.2, 0) is 27.2 Å². The van der Waals surface area contributed by atoms with E-state index in [9.17, 15) is 14.4 Å². The Morgan fingerprint density at radius 2 is 1.76 bits per heavy atom. The van der Waals surface area contributed by atoms with Gasteiger partial charge in [0.1, 0.15) is 29.8 Å². The van der Waals surface area contributed by atoms with Crippen molar-refractivity contribution in [3.63, 3.8) is 0 Å². The molecule has 41 heavy (non-hydrogen) atoms. The summed E-state index contributed by atoms with van der Waals surface area (Å²) in [6.07, 6.45) is 3.41. The normalized spacial score (nSPS) is 25.1. The summed E-state index contributed by atoms with van der Waals surface area (Å²) in [5.74, 6) is 0.135. The summed E-state index contributed by atoms with van der Waals surface area (Å²) in [7, 11) is 1.63. The summed E-state index contributed by atoms with van der Waals surface area (Å²) in [5, 5.41) is 16.9. The summed E-state index contributed by atoms with van der Waals surface area (Å²) in [4.78, 5) is 41.7. The van der Waals surface area contributed by atoms with Crippen molar-refractivity contribution in [1.29, 1.82) is 5.41 Å². The Hall–Kier alpha value is -3.92. The molecule has 2 aliphatic rings. The molecule has 4 rings (SSSR count). The number of ether oxygens (including phenoxy) is 1. The summed E-state index contributed by atoms with van der Waals surface area (Å²) in [5.41, 5.74) is 8.02. The first-order valence-electron chi connectivity index (χ1n) is 14.4. The standard InChI is InChI=1S/C31H42N6O4/c1-19-18-35-27(23-14-15-23)31(40)37(3)20(2)29(38)36-25(17-21-10-12-24(13-11-21)28(32)33)30(39)34-16-6-8-22-7-4-5-9-26(22)41-19/h4-5,7,9-13,19-20,23,25,27,35H,6,8,14-18H2,1-3H3,(H3,32,33)(H,34,39)(H,36,38). The second-order valence-corrected chi connectivity index (χ2v) is 11.2. The van der Waals surface area contributed by atoms with Crippen LogP contribution in [0, 0.1) is 11.3 Å². The molecule has 10 heteroatoms. The van der Waals surface area contributed by atoms with Gasteiger partial charge < -0.3 is 31.3 Å². The first-order chi connectivity index (χ1) is 19.6. The maximum absolute atomic E-state index is 13.5. The Bertz CT molecular complexity index is 1250. The second kappa shape index (κ2) is 13.6. The van der Waals surface area contributed by atoms with Crippen molar-refractivity contribution in [2.45, 2.75) is 70.2 Å². The lowest BCUT2D eigenvalue weighted by molar-refractivity contribution is -0.141. The molecule has 10 nitrogen and oxygen atoms in total. The largest absolute Gasteiger partial charge is 0.489 e. The summed E-state index contributed by atoms with van der Waals surface area (Å²) >= 11 is 0. The SMILES string of the molecule is CC1CNC(C2CC2)C(=O)N(C)C(C)C(=O)NC(Cc2ccc(C(=N)N)cc2)C(=O)NCCCc2ccccc2O1. The van der Waals surface area contributed by atoms with Crippen LogP contribution < -0.4 is 26.4 Å². The third-order valence-electron chi connectivity index (χ3n) is 7.85. The van der Waals surface area contributed by atoms with Crippen molar-refractivity contribution in [1.82, 2.24) is 20.9 Å². The van der Waals surface area contributed by atoms with E-state index in [2.05, 4.69) is 16.0 Å². The fraction of sp³-hybridized carbons (Fsp3) is 0.484. The molecule has 2 aromatic rings. The van der Waals surface area contributed by atoms with Crippen molar-refractivity contribution in [2.24, 2.45) is 11.7 Å². The number of benzene rings is 2. The van der Waals surface area contributed by atoms with Gasteiger partial charge in [-0.05, 0) is 62.6 Å². The summed E-state index contributed by atoms with van der Waals surface area (Å²) < 4.78 is 6.26. The number of fused-ring (bicyclic) bond motifs is 1. The quantitative estimate of drug-likeness (QED) is 0.283. The van der Waals surface area contributed by atoms with Gasteiger partial charge >= 0.3 is 0 Å². The van der Waals surface area contributed by atoms with Crippen LogP contribution in [0.5, 0.6) is 5.75 Å². The van der Waals surface area contributed by atoms with Gasteiger partial charge in [-0.25, -0.2) is 0 Å². The number of hydrogen-bond acceptors (Lipinski definition) is 6. The minimum Gasteiger partial charge on any atom is -0.489 e. The van der Waals surface area contributed by atoms with Gasteiger partial charge in [0.25, 0.3) is 0 Å². The predicted octanol–water partition coefficient (Wildman–Crippen LogP) is 1.74. The molecule has 3 amide bonds. The average molecular weight is 563 g/mol. The Balaban J connectivity index is 1.56. The molecule has 2 aromatic carbocycles. The molecule has 0 aromatic heterocycles. The Kier molecular flexibility index (Phi) is 9.99. The number of rotatable bonds is 4. The van der Waals surface area contributed by atoms with E-state index in [1.807, 2.05) is 31.2 Å².